The van der Waals surface area contributed by atoms with Gasteiger partial charge in [-0.3, -0.25) is 14.2 Å². The normalized spacial score (nSPS) is 16.3. The van der Waals surface area contributed by atoms with E-state index in [1.807, 2.05) is 30.1 Å². The minimum Gasteiger partial charge on any atom is -0.444 e. The number of aromatic nitrogens is 3. The number of amides is 4. The van der Waals surface area contributed by atoms with Crippen LogP contribution in [0.5, 0.6) is 0 Å². The highest BCUT2D eigenvalue weighted by atomic mass is 16.6. The summed E-state index contributed by atoms with van der Waals surface area (Å²) in [6.45, 7) is 8.75. The number of nitrogens with one attached hydrogen (secondary N) is 3. The summed E-state index contributed by atoms with van der Waals surface area (Å²) in [7, 11) is 1.90. The zero-order chi connectivity index (χ0) is 33.4. The highest BCUT2D eigenvalue weighted by Crippen LogP contribution is 2.29. The summed E-state index contributed by atoms with van der Waals surface area (Å²) in [4.78, 5) is 62.3. The minimum absolute atomic E-state index is 0.0432. The van der Waals surface area contributed by atoms with Gasteiger partial charge in [0.1, 0.15) is 24.2 Å². The Bertz CT molecular complexity index is 1610. The molecule has 3 N–H and O–H groups in total. The first-order chi connectivity index (χ1) is 21.9. The van der Waals surface area contributed by atoms with Gasteiger partial charge in [0.05, 0.1) is 24.0 Å². The number of nitriles is 1. The molecule has 244 valence electrons. The molecular formula is C32H41N9O5. The van der Waals surface area contributed by atoms with E-state index in [0.29, 0.717) is 48.6 Å². The third-order valence-electron chi connectivity index (χ3n) is 7.73. The van der Waals surface area contributed by atoms with E-state index in [4.69, 9.17) is 10.00 Å². The number of hydrogen-bond donors (Lipinski definition) is 3. The van der Waals surface area contributed by atoms with Crippen molar-refractivity contribution < 1.29 is 23.9 Å². The quantitative estimate of drug-likeness (QED) is 0.320. The highest BCUT2D eigenvalue weighted by molar-refractivity contribution is 5.98. The van der Waals surface area contributed by atoms with Crippen LogP contribution in [0.2, 0.25) is 0 Å². The standard InChI is InChI=1S/C32H41N9O5/c1-21-12-16-40(27(43)10-14-33)19-25(21)39(5)28-24-13-17-41(29(24)37-20-36-28)30(44)35-18-26(42)38-23-8-6-22(7-9-23)11-15-34-31(45)46-32(2,3)4/h6-9,13,17,20-21,25H,10-12,15-16,18-19H2,1-5H3,(H,34,45)(H,35,44)(H,38,42)/t21-,25+/m1/s1. The van der Waals surface area contributed by atoms with Crippen LogP contribution in [0.15, 0.2) is 42.9 Å². The number of rotatable bonds is 9. The summed E-state index contributed by atoms with van der Waals surface area (Å²) in [6, 6.07) is 10.3. The number of hydrogen-bond acceptors (Lipinski definition) is 9. The largest absolute Gasteiger partial charge is 0.444 e. The molecule has 0 unspecified atom stereocenters. The van der Waals surface area contributed by atoms with Crippen LogP contribution in [-0.4, -0.2) is 88.2 Å². The Kier molecular flexibility index (Phi) is 10.8. The van der Waals surface area contributed by atoms with Crippen molar-refractivity contribution in [3.8, 4) is 6.07 Å². The number of carbonyl (C=O) groups excluding carboxylic acids is 4. The fourth-order valence-electron chi connectivity index (χ4n) is 5.32. The molecule has 4 rings (SSSR count). The molecule has 2 aromatic heterocycles. The van der Waals surface area contributed by atoms with Crippen molar-refractivity contribution in [2.24, 2.45) is 5.92 Å². The smallest absolute Gasteiger partial charge is 0.407 e. The number of ether oxygens (including phenoxy) is 1. The summed E-state index contributed by atoms with van der Waals surface area (Å²) < 4.78 is 6.55. The molecule has 3 heterocycles. The highest BCUT2D eigenvalue weighted by Gasteiger charge is 2.33. The summed E-state index contributed by atoms with van der Waals surface area (Å²) >= 11 is 0. The van der Waals surface area contributed by atoms with E-state index in [2.05, 4.69) is 32.8 Å². The van der Waals surface area contributed by atoms with Gasteiger partial charge >= 0.3 is 12.1 Å². The lowest BCUT2D eigenvalue weighted by atomic mass is 9.92. The predicted octanol–water partition coefficient (Wildman–Crippen LogP) is 3.28. The zero-order valence-corrected chi connectivity index (χ0v) is 26.9. The number of alkyl carbamates (subject to hydrolysis) is 1. The predicted molar refractivity (Wildman–Crippen MR) is 172 cm³/mol. The Morgan fingerprint density at radius 3 is 2.54 bits per heavy atom. The molecule has 1 fully saturated rings. The second kappa shape index (κ2) is 14.7. The van der Waals surface area contributed by atoms with Crippen molar-refractivity contribution >= 4 is 46.5 Å². The van der Waals surface area contributed by atoms with Gasteiger partial charge in [0.15, 0.2) is 5.65 Å². The summed E-state index contributed by atoms with van der Waals surface area (Å²) in [5, 5.41) is 17.7. The van der Waals surface area contributed by atoms with Crippen LogP contribution in [0, 0.1) is 17.2 Å². The van der Waals surface area contributed by atoms with Crippen molar-refractivity contribution in [3.05, 3.63) is 48.4 Å². The third kappa shape index (κ3) is 8.71. The number of fused-ring (bicyclic) bond motifs is 1. The molecule has 0 spiro atoms. The first kappa shape index (κ1) is 33.7. The lowest BCUT2D eigenvalue weighted by Gasteiger charge is -2.42. The molecule has 4 amide bonds. The van der Waals surface area contributed by atoms with Crippen molar-refractivity contribution in [3.63, 3.8) is 0 Å². The van der Waals surface area contributed by atoms with E-state index in [-0.39, 0.29) is 30.8 Å². The average molecular weight is 632 g/mol. The summed E-state index contributed by atoms with van der Waals surface area (Å²) in [5.41, 5.74) is 1.36. The maximum Gasteiger partial charge on any atom is 0.407 e. The lowest BCUT2D eigenvalue weighted by molar-refractivity contribution is -0.131. The van der Waals surface area contributed by atoms with Crippen molar-refractivity contribution in [2.45, 2.75) is 58.6 Å². The van der Waals surface area contributed by atoms with E-state index < -0.39 is 23.6 Å². The molecule has 0 radical (unpaired) electrons. The van der Waals surface area contributed by atoms with Crippen LogP contribution in [0.3, 0.4) is 0 Å². The Labute approximate surface area is 268 Å². The Hall–Kier alpha value is -5.19. The molecule has 2 atom stereocenters. The Morgan fingerprint density at radius 1 is 1.11 bits per heavy atom. The van der Waals surface area contributed by atoms with Gasteiger partial charge in [-0.1, -0.05) is 19.1 Å². The molecule has 1 aliphatic rings. The molecule has 0 bridgehead atoms. The van der Waals surface area contributed by atoms with Gasteiger partial charge < -0.3 is 30.5 Å². The van der Waals surface area contributed by atoms with Gasteiger partial charge in [-0.2, -0.15) is 5.26 Å². The first-order valence-electron chi connectivity index (χ1n) is 15.2. The summed E-state index contributed by atoms with van der Waals surface area (Å²) in [6.07, 6.45) is 3.72. The molecule has 0 aliphatic carbocycles. The number of benzene rings is 1. The Balaban J connectivity index is 1.31. The van der Waals surface area contributed by atoms with E-state index in [9.17, 15) is 19.2 Å². The maximum absolute atomic E-state index is 13.0. The van der Waals surface area contributed by atoms with Crippen molar-refractivity contribution in [1.82, 2.24) is 30.1 Å². The van der Waals surface area contributed by atoms with E-state index >= 15 is 0 Å². The molecule has 46 heavy (non-hydrogen) atoms. The van der Waals surface area contributed by atoms with E-state index in [0.717, 1.165) is 12.0 Å². The van der Waals surface area contributed by atoms with Gasteiger partial charge in [0.25, 0.3) is 0 Å². The fourth-order valence-corrected chi connectivity index (χ4v) is 5.32. The number of likely N-dealkylation sites (tertiary alicyclic amines) is 1. The SMILES string of the molecule is C[C@@H]1CCN(C(=O)CC#N)C[C@@H]1N(C)c1ncnc2c1ccn2C(=O)NCC(=O)Nc1ccc(CCNC(=O)OC(C)(C)C)cc1. The second-order valence-electron chi connectivity index (χ2n) is 12.3. The Morgan fingerprint density at radius 2 is 1.85 bits per heavy atom. The number of piperidine rings is 1. The molecular weight excluding hydrogens is 590 g/mol. The number of carbonyl (C=O) groups is 4. The van der Waals surface area contributed by atoms with Crippen molar-refractivity contribution in [2.75, 3.05) is 43.4 Å². The first-order valence-corrected chi connectivity index (χ1v) is 15.2. The van der Waals surface area contributed by atoms with Gasteiger partial charge in [0, 0.05) is 38.6 Å². The number of nitrogens with zero attached hydrogens (tertiary/aromatic N) is 6. The van der Waals surface area contributed by atoms with Crippen LogP contribution in [0.1, 0.15) is 46.1 Å². The number of likely N-dealkylation sites (N-methyl/N-ethyl adjacent to an activating group) is 1. The van der Waals surface area contributed by atoms with Crippen LogP contribution in [-0.2, 0) is 20.7 Å². The molecule has 14 heteroatoms. The molecule has 1 saturated heterocycles. The van der Waals surface area contributed by atoms with Crippen LogP contribution < -0.4 is 20.9 Å². The molecule has 3 aromatic rings. The maximum atomic E-state index is 13.0. The monoisotopic (exact) mass is 631 g/mol. The molecule has 1 aliphatic heterocycles. The van der Waals surface area contributed by atoms with Gasteiger partial charge in [-0.05, 0) is 63.3 Å². The van der Waals surface area contributed by atoms with Gasteiger partial charge in [0.2, 0.25) is 11.8 Å². The molecule has 0 saturated carbocycles. The van der Waals surface area contributed by atoms with Gasteiger partial charge in [-0.15, -0.1) is 0 Å². The van der Waals surface area contributed by atoms with E-state index in [1.54, 1.807) is 50.1 Å². The summed E-state index contributed by atoms with van der Waals surface area (Å²) in [5.74, 6) is 0.294. The zero-order valence-electron chi connectivity index (χ0n) is 26.9. The van der Waals surface area contributed by atoms with Crippen LogP contribution >= 0.6 is 0 Å². The molecule has 1 aromatic carbocycles. The van der Waals surface area contributed by atoms with E-state index in [1.165, 1.54) is 10.9 Å². The van der Waals surface area contributed by atoms with Crippen LogP contribution in [0.25, 0.3) is 11.0 Å². The average Bonchev–Trinajstić information content (AvgIpc) is 3.44. The second-order valence-corrected chi connectivity index (χ2v) is 12.3. The van der Waals surface area contributed by atoms with Crippen LogP contribution in [0.4, 0.5) is 21.1 Å². The minimum atomic E-state index is -0.560. The topological polar surface area (TPSA) is 175 Å². The molecule has 14 nitrogen and oxygen atoms in total. The fraction of sp³-hybridized carbons (Fsp3) is 0.469. The van der Waals surface area contributed by atoms with Crippen molar-refractivity contribution in [1.29, 1.82) is 5.26 Å². The lowest BCUT2D eigenvalue weighted by Crippen LogP contribution is -2.52. The number of anilines is 2. The third-order valence-corrected chi connectivity index (χ3v) is 7.73. The van der Waals surface area contributed by atoms with Gasteiger partial charge in [-0.25, -0.2) is 19.6 Å².